The van der Waals surface area contributed by atoms with Crippen molar-refractivity contribution in [3.63, 3.8) is 0 Å². The third-order valence-electron chi connectivity index (χ3n) is 6.93. The van der Waals surface area contributed by atoms with E-state index in [2.05, 4.69) is 43.8 Å². The molecule has 2 rings (SSSR count). The highest BCUT2D eigenvalue weighted by Gasteiger charge is 2.46. The SMILES string of the molecule is CCCCC=C(CC)CCSC[C@@H]1[C@@H]2CC[C@@H](C2)[C@@H]1C/C=C\CCCC(=O)O. The first kappa shape index (κ1) is 23.6. The molecule has 0 unspecified atom stereocenters. The number of fused-ring (bicyclic) bond motifs is 2. The van der Waals surface area contributed by atoms with E-state index in [1.807, 2.05) is 0 Å². The molecular weight excluding hydrogens is 364 g/mol. The molecule has 1 N–H and O–H groups in total. The van der Waals surface area contributed by atoms with E-state index in [0.717, 1.165) is 36.5 Å². The lowest BCUT2D eigenvalue weighted by molar-refractivity contribution is -0.137. The maximum atomic E-state index is 10.6. The quantitative estimate of drug-likeness (QED) is 0.226. The summed E-state index contributed by atoms with van der Waals surface area (Å²) in [6, 6.07) is 0. The Morgan fingerprint density at radius 2 is 1.82 bits per heavy atom. The third-order valence-corrected chi connectivity index (χ3v) is 8.05. The molecule has 0 spiro atoms. The summed E-state index contributed by atoms with van der Waals surface area (Å²) in [5.41, 5.74) is 1.66. The van der Waals surface area contributed by atoms with E-state index in [9.17, 15) is 4.79 Å². The summed E-state index contributed by atoms with van der Waals surface area (Å²) in [5, 5.41) is 8.73. The minimum atomic E-state index is -0.676. The Hall–Kier alpha value is -0.700. The van der Waals surface area contributed by atoms with Crippen LogP contribution < -0.4 is 0 Å². The summed E-state index contributed by atoms with van der Waals surface area (Å²) in [6.45, 7) is 4.57. The van der Waals surface area contributed by atoms with Gasteiger partial charge in [0.05, 0.1) is 0 Å². The summed E-state index contributed by atoms with van der Waals surface area (Å²) < 4.78 is 0. The van der Waals surface area contributed by atoms with Crippen molar-refractivity contribution < 1.29 is 9.90 Å². The lowest BCUT2D eigenvalue weighted by atomic mass is 9.78. The second kappa shape index (κ2) is 13.5. The van der Waals surface area contributed by atoms with Gasteiger partial charge in [0.15, 0.2) is 0 Å². The molecule has 0 heterocycles. The molecule has 0 aromatic carbocycles. The normalized spacial score (nSPS) is 27.1. The molecule has 0 saturated heterocycles. The highest BCUT2D eigenvalue weighted by atomic mass is 32.2. The molecule has 3 heteroatoms. The number of carboxylic acid groups (broad SMARTS) is 1. The standard InChI is InChI=1S/C25H42O2S/c1-3-5-8-11-20(4-2)16-17-28-19-24-22-15-14-21(18-22)23(24)12-9-6-7-10-13-25(26)27/h6,9,11,21-24H,3-5,7-8,10,12-19H2,1-2H3,(H,26,27)/b9-6-,20-11?/t21-,22+,23-,24+/m0/s1. The average Bonchev–Trinajstić information content (AvgIpc) is 3.28. The van der Waals surface area contributed by atoms with E-state index >= 15 is 0 Å². The van der Waals surface area contributed by atoms with Crippen LogP contribution in [0.5, 0.6) is 0 Å². The predicted molar refractivity (Wildman–Crippen MR) is 123 cm³/mol. The Morgan fingerprint density at radius 3 is 2.54 bits per heavy atom. The maximum absolute atomic E-state index is 10.6. The van der Waals surface area contributed by atoms with Crippen LogP contribution >= 0.6 is 11.8 Å². The van der Waals surface area contributed by atoms with Crippen LogP contribution in [0.4, 0.5) is 0 Å². The van der Waals surface area contributed by atoms with Gasteiger partial charge in [-0.3, -0.25) is 4.79 Å². The van der Waals surface area contributed by atoms with Crippen molar-refractivity contribution in [2.24, 2.45) is 23.7 Å². The minimum Gasteiger partial charge on any atom is -0.481 e. The number of aliphatic carboxylic acids is 1. The van der Waals surface area contributed by atoms with Gasteiger partial charge in [0.25, 0.3) is 0 Å². The zero-order chi connectivity index (χ0) is 20.2. The maximum Gasteiger partial charge on any atom is 0.303 e. The van der Waals surface area contributed by atoms with Crippen LogP contribution in [-0.2, 0) is 4.79 Å². The van der Waals surface area contributed by atoms with Crippen LogP contribution in [0.15, 0.2) is 23.8 Å². The lowest BCUT2D eigenvalue weighted by Crippen LogP contribution is -2.24. The number of thioether (sulfide) groups is 1. The van der Waals surface area contributed by atoms with Crippen LogP contribution in [0.25, 0.3) is 0 Å². The molecule has 0 aromatic rings. The van der Waals surface area contributed by atoms with Gasteiger partial charge >= 0.3 is 5.97 Å². The monoisotopic (exact) mass is 406 g/mol. The summed E-state index contributed by atoms with van der Waals surface area (Å²) in [6.07, 6.45) is 21.0. The smallest absolute Gasteiger partial charge is 0.303 e. The number of carbonyl (C=O) groups is 1. The molecule has 0 radical (unpaired) electrons. The number of allylic oxidation sites excluding steroid dienone is 4. The van der Waals surface area contributed by atoms with Crippen LogP contribution in [0, 0.1) is 23.7 Å². The molecule has 4 atom stereocenters. The molecule has 2 aliphatic carbocycles. The molecule has 2 nitrogen and oxygen atoms in total. The van der Waals surface area contributed by atoms with Crippen LogP contribution in [0.1, 0.15) is 90.9 Å². The van der Waals surface area contributed by atoms with E-state index < -0.39 is 5.97 Å². The van der Waals surface area contributed by atoms with Crippen molar-refractivity contribution in [3.05, 3.63) is 23.8 Å². The zero-order valence-electron chi connectivity index (χ0n) is 18.2. The third kappa shape index (κ3) is 7.97. The second-order valence-corrected chi connectivity index (χ2v) is 9.99. The van der Waals surface area contributed by atoms with Gasteiger partial charge in [0.1, 0.15) is 0 Å². The lowest BCUT2D eigenvalue weighted by Gasteiger charge is -2.30. The van der Waals surface area contributed by atoms with E-state index in [4.69, 9.17) is 5.11 Å². The van der Waals surface area contributed by atoms with Crippen LogP contribution in [-0.4, -0.2) is 22.6 Å². The zero-order valence-corrected chi connectivity index (χ0v) is 19.0. The highest BCUT2D eigenvalue weighted by Crippen LogP contribution is 2.54. The first-order chi connectivity index (χ1) is 13.7. The van der Waals surface area contributed by atoms with E-state index in [1.165, 1.54) is 69.3 Å². The molecule has 2 fully saturated rings. The molecule has 2 saturated carbocycles. The molecule has 0 aliphatic heterocycles. The average molecular weight is 407 g/mol. The van der Waals surface area contributed by atoms with E-state index in [1.54, 1.807) is 5.57 Å². The van der Waals surface area contributed by atoms with E-state index in [0.29, 0.717) is 6.42 Å². The Bertz CT molecular complexity index is 511. The number of rotatable bonds is 15. The largest absolute Gasteiger partial charge is 0.481 e. The summed E-state index contributed by atoms with van der Waals surface area (Å²) in [4.78, 5) is 10.6. The molecule has 2 aliphatic rings. The molecule has 0 amide bonds. The van der Waals surface area contributed by atoms with Gasteiger partial charge in [-0.15, -0.1) is 0 Å². The van der Waals surface area contributed by atoms with Crippen molar-refractivity contribution in [2.75, 3.05) is 11.5 Å². The Balaban J connectivity index is 1.69. The Morgan fingerprint density at radius 1 is 1.04 bits per heavy atom. The Labute approximate surface area is 177 Å². The summed E-state index contributed by atoms with van der Waals surface area (Å²) >= 11 is 2.20. The van der Waals surface area contributed by atoms with Gasteiger partial charge in [0.2, 0.25) is 0 Å². The van der Waals surface area contributed by atoms with Gasteiger partial charge in [-0.1, -0.05) is 50.5 Å². The first-order valence-corrected chi connectivity index (χ1v) is 12.9. The Kier molecular flexibility index (Phi) is 11.4. The van der Waals surface area contributed by atoms with Gasteiger partial charge in [-0.05, 0) is 93.0 Å². The van der Waals surface area contributed by atoms with Gasteiger partial charge in [0, 0.05) is 6.42 Å². The van der Waals surface area contributed by atoms with Crippen molar-refractivity contribution in [1.29, 1.82) is 0 Å². The van der Waals surface area contributed by atoms with Gasteiger partial charge < -0.3 is 5.11 Å². The predicted octanol–water partition coefficient (Wildman–Crippen LogP) is 7.50. The number of hydrogen-bond donors (Lipinski definition) is 1. The van der Waals surface area contributed by atoms with Gasteiger partial charge in [-0.25, -0.2) is 0 Å². The minimum absolute atomic E-state index is 0.296. The molecule has 0 aromatic heterocycles. The van der Waals surface area contributed by atoms with Crippen molar-refractivity contribution >= 4 is 17.7 Å². The van der Waals surface area contributed by atoms with Crippen molar-refractivity contribution in [1.82, 2.24) is 0 Å². The fraction of sp³-hybridized carbons (Fsp3) is 0.800. The number of hydrogen-bond acceptors (Lipinski definition) is 2. The number of carboxylic acids is 1. The first-order valence-electron chi connectivity index (χ1n) is 11.8. The molecule has 160 valence electrons. The summed E-state index contributed by atoms with van der Waals surface area (Å²) in [7, 11) is 0. The van der Waals surface area contributed by atoms with Crippen molar-refractivity contribution in [2.45, 2.75) is 90.9 Å². The second-order valence-electron chi connectivity index (χ2n) is 8.84. The van der Waals surface area contributed by atoms with E-state index in [-0.39, 0.29) is 0 Å². The fourth-order valence-electron chi connectivity index (χ4n) is 5.26. The fourth-order valence-corrected chi connectivity index (χ4v) is 6.62. The molecular formula is C25H42O2S. The van der Waals surface area contributed by atoms with Crippen LogP contribution in [0.3, 0.4) is 0 Å². The highest BCUT2D eigenvalue weighted by molar-refractivity contribution is 7.99. The van der Waals surface area contributed by atoms with Crippen LogP contribution in [0.2, 0.25) is 0 Å². The molecule has 2 bridgehead atoms. The number of unbranched alkanes of at least 4 members (excludes halogenated alkanes) is 3. The van der Waals surface area contributed by atoms with Crippen molar-refractivity contribution in [3.8, 4) is 0 Å². The summed E-state index contributed by atoms with van der Waals surface area (Å²) in [5.74, 6) is 5.70. The van der Waals surface area contributed by atoms with Gasteiger partial charge in [-0.2, -0.15) is 11.8 Å². The molecule has 28 heavy (non-hydrogen) atoms. The topological polar surface area (TPSA) is 37.3 Å².